The molecule has 0 bridgehead atoms. The molecule has 2 atom stereocenters. The highest BCUT2D eigenvalue weighted by Gasteiger charge is 2.20. The SMILES string of the molecule is O=C(O)CC(c1ccc(-c2cn[nH]c2)cc1)c1ccc(Cl)c(Cl)c1.O=C(O)CC(c1ccc(Br)cc1)c1ccc(Cl)c(Cl)c1. The van der Waals surface area contributed by atoms with E-state index in [-0.39, 0.29) is 24.7 Å². The normalized spacial score (nSPS) is 12.1. The molecule has 5 aromatic rings. The number of nitrogens with zero attached hydrogens (tertiary/aromatic N) is 1. The Kier molecular flexibility index (Phi) is 11.9. The molecular weight excluding hydrogens is 710 g/mol. The monoisotopic (exact) mass is 732 g/mol. The summed E-state index contributed by atoms with van der Waals surface area (Å²) < 4.78 is 0.949. The quantitative estimate of drug-likeness (QED) is 0.140. The summed E-state index contributed by atoms with van der Waals surface area (Å²) >= 11 is 27.3. The zero-order valence-corrected chi connectivity index (χ0v) is 27.5. The number of aromatic amines is 1. The first-order valence-electron chi connectivity index (χ1n) is 13.2. The summed E-state index contributed by atoms with van der Waals surface area (Å²) in [6.45, 7) is 0. The number of hydrogen-bond acceptors (Lipinski definition) is 3. The van der Waals surface area contributed by atoms with Crippen molar-refractivity contribution in [2.45, 2.75) is 24.7 Å². The summed E-state index contributed by atoms with van der Waals surface area (Å²) in [6.07, 6.45) is 3.52. The standard InChI is InChI=1S/C18H14Cl2N2O2.C15H11BrCl2O2/c19-16-6-5-13(7-17(16)20)15(8-18(23)24)12-3-1-11(2-4-12)14-9-21-22-10-14;16-11-4-1-9(2-5-11)12(8-15(19)20)10-3-6-13(17)14(18)7-10/h1-7,9-10,15H,8H2,(H,21,22)(H,23,24);1-7,12H,8H2,(H,19,20). The van der Waals surface area contributed by atoms with Crippen LogP contribution in [0.5, 0.6) is 0 Å². The molecule has 0 aliphatic rings. The van der Waals surface area contributed by atoms with Gasteiger partial charge in [0, 0.05) is 28.1 Å². The maximum Gasteiger partial charge on any atom is 0.304 e. The van der Waals surface area contributed by atoms with Crippen LogP contribution in [-0.4, -0.2) is 32.3 Å². The van der Waals surface area contributed by atoms with Crippen LogP contribution in [0.4, 0.5) is 0 Å². The van der Waals surface area contributed by atoms with Crippen molar-refractivity contribution in [2.24, 2.45) is 0 Å². The van der Waals surface area contributed by atoms with Crippen LogP contribution in [0, 0.1) is 0 Å². The highest BCUT2D eigenvalue weighted by atomic mass is 79.9. The topological polar surface area (TPSA) is 103 Å². The summed E-state index contributed by atoms with van der Waals surface area (Å²) in [5.41, 5.74) is 5.48. The summed E-state index contributed by atoms with van der Waals surface area (Å²) in [5, 5.41) is 26.8. The van der Waals surface area contributed by atoms with Gasteiger partial charge in [0.05, 0.1) is 39.1 Å². The van der Waals surface area contributed by atoms with E-state index in [1.165, 1.54) is 0 Å². The van der Waals surface area contributed by atoms with Crippen molar-refractivity contribution in [1.82, 2.24) is 10.2 Å². The first-order chi connectivity index (χ1) is 21.0. The van der Waals surface area contributed by atoms with E-state index in [0.29, 0.717) is 20.1 Å². The smallest absolute Gasteiger partial charge is 0.304 e. The Morgan fingerprint density at radius 3 is 1.45 bits per heavy atom. The Labute approximate surface area is 282 Å². The van der Waals surface area contributed by atoms with Crippen LogP contribution in [-0.2, 0) is 9.59 Å². The number of carboxylic acid groups (broad SMARTS) is 2. The summed E-state index contributed by atoms with van der Waals surface area (Å²) in [5.74, 6) is -2.28. The fourth-order valence-corrected chi connectivity index (χ4v) is 5.55. The Morgan fingerprint density at radius 1 is 0.636 bits per heavy atom. The van der Waals surface area contributed by atoms with E-state index in [2.05, 4.69) is 26.1 Å². The maximum absolute atomic E-state index is 11.3. The second-order valence-electron chi connectivity index (χ2n) is 9.81. The molecule has 0 fully saturated rings. The van der Waals surface area contributed by atoms with Gasteiger partial charge in [0.15, 0.2) is 0 Å². The van der Waals surface area contributed by atoms with Crippen molar-refractivity contribution in [3.05, 3.63) is 144 Å². The third-order valence-electron chi connectivity index (χ3n) is 6.87. The number of nitrogens with one attached hydrogen (secondary N) is 1. The van der Waals surface area contributed by atoms with Gasteiger partial charge in [-0.05, 0) is 64.2 Å². The highest BCUT2D eigenvalue weighted by molar-refractivity contribution is 9.10. The lowest BCUT2D eigenvalue weighted by Crippen LogP contribution is -2.08. The minimum atomic E-state index is -0.870. The molecule has 0 aliphatic carbocycles. The van der Waals surface area contributed by atoms with Crippen LogP contribution in [0.2, 0.25) is 20.1 Å². The van der Waals surface area contributed by atoms with E-state index >= 15 is 0 Å². The minimum absolute atomic E-state index is 0.000403. The van der Waals surface area contributed by atoms with Gasteiger partial charge in [-0.2, -0.15) is 5.10 Å². The van der Waals surface area contributed by atoms with Crippen molar-refractivity contribution >= 4 is 74.3 Å². The molecule has 0 spiro atoms. The Hall–Kier alpha value is -3.33. The third kappa shape index (κ3) is 9.10. The van der Waals surface area contributed by atoms with E-state index in [9.17, 15) is 14.7 Å². The van der Waals surface area contributed by atoms with Crippen molar-refractivity contribution in [3.8, 4) is 11.1 Å². The van der Waals surface area contributed by atoms with Crippen LogP contribution in [0.1, 0.15) is 46.9 Å². The van der Waals surface area contributed by atoms with Gasteiger partial charge in [0.1, 0.15) is 0 Å². The Morgan fingerprint density at radius 2 is 1.07 bits per heavy atom. The molecule has 1 aromatic heterocycles. The first kappa shape index (κ1) is 33.6. The number of carboxylic acids is 2. The molecule has 226 valence electrons. The van der Waals surface area contributed by atoms with Gasteiger partial charge in [-0.1, -0.05) is 111 Å². The number of halogens is 5. The van der Waals surface area contributed by atoms with Crippen molar-refractivity contribution in [2.75, 3.05) is 0 Å². The van der Waals surface area contributed by atoms with Gasteiger partial charge in [-0.15, -0.1) is 0 Å². The van der Waals surface area contributed by atoms with Crippen LogP contribution >= 0.6 is 62.3 Å². The number of hydrogen-bond donors (Lipinski definition) is 3. The van der Waals surface area contributed by atoms with Gasteiger partial charge in [-0.25, -0.2) is 0 Å². The molecule has 2 unspecified atom stereocenters. The predicted octanol–water partition coefficient (Wildman–Crippen LogP) is 10.4. The lowest BCUT2D eigenvalue weighted by Gasteiger charge is -2.17. The van der Waals surface area contributed by atoms with Crippen molar-refractivity contribution in [1.29, 1.82) is 0 Å². The van der Waals surface area contributed by atoms with Gasteiger partial charge >= 0.3 is 11.9 Å². The fraction of sp³-hybridized carbons (Fsp3) is 0.121. The third-order valence-corrected chi connectivity index (χ3v) is 8.87. The van der Waals surface area contributed by atoms with Crippen LogP contribution in [0.3, 0.4) is 0 Å². The van der Waals surface area contributed by atoms with E-state index < -0.39 is 11.9 Å². The van der Waals surface area contributed by atoms with Gasteiger partial charge in [0.25, 0.3) is 0 Å². The fourth-order valence-electron chi connectivity index (χ4n) is 4.68. The molecule has 4 aromatic carbocycles. The van der Waals surface area contributed by atoms with Crippen molar-refractivity contribution < 1.29 is 19.8 Å². The zero-order chi connectivity index (χ0) is 31.8. The molecule has 44 heavy (non-hydrogen) atoms. The number of aliphatic carboxylic acids is 2. The van der Waals surface area contributed by atoms with Crippen LogP contribution in [0.15, 0.2) is 102 Å². The molecule has 0 saturated heterocycles. The number of H-pyrrole nitrogens is 1. The molecule has 11 heteroatoms. The van der Waals surface area contributed by atoms with Gasteiger partial charge in [0.2, 0.25) is 0 Å². The van der Waals surface area contributed by atoms with E-state index in [4.69, 9.17) is 51.5 Å². The molecule has 6 nitrogen and oxygen atoms in total. The second kappa shape index (κ2) is 15.6. The lowest BCUT2D eigenvalue weighted by atomic mass is 9.88. The molecule has 0 saturated carbocycles. The van der Waals surface area contributed by atoms with Gasteiger partial charge < -0.3 is 10.2 Å². The minimum Gasteiger partial charge on any atom is -0.481 e. The summed E-state index contributed by atoms with van der Waals surface area (Å²) in [4.78, 5) is 22.4. The second-order valence-corrected chi connectivity index (χ2v) is 12.4. The van der Waals surface area contributed by atoms with Crippen LogP contribution in [0.25, 0.3) is 11.1 Å². The highest BCUT2D eigenvalue weighted by Crippen LogP contribution is 2.35. The van der Waals surface area contributed by atoms with Crippen LogP contribution < -0.4 is 0 Å². The van der Waals surface area contributed by atoms with Crippen molar-refractivity contribution in [3.63, 3.8) is 0 Å². The predicted molar refractivity (Wildman–Crippen MR) is 179 cm³/mol. The molecule has 3 N–H and O–H groups in total. The Balaban J connectivity index is 0.000000204. The number of carbonyl (C=O) groups is 2. The maximum atomic E-state index is 11.3. The van der Waals surface area contributed by atoms with E-state index in [0.717, 1.165) is 37.9 Å². The largest absolute Gasteiger partial charge is 0.481 e. The van der Waals surface area contributed by atoms with E-state index in [1.807, 2.05) is 66.9 Å². The number of aromatic nitrogens is 2. The zero-order valence-electron chi connectivity index (χ0n) is 22.9. The molecule has 0 radical (unpaired) electrons. The molecule has 5 rings (SSSR count). The molecule has 0 aliphatic heterocycles. The molecular formula is C33H25BrCl4N2O4. The molecule has 1 heterocycles. The lowest BCUT2D eigenvalue weighted by molar-refractivity contribution is -0.138. The average Bonchev–Trinajstić information content (AvgIpc) is 3.54. The first-order valence-corrected chi connectivity index (χ1v) is 15.5. The molecule has 0 amide bonds. The van der Waals surface area contributed by atoms with E-state index in [1.54, 1.807) is 30.5 Å². The Bertz CT molecular complexity index is 1730. The summed E-state index contributed by atoms with van der Waals surface area (Å²) in [7, 11) is 0. The number of benzene rings is 4. The number of rotatable bonds is 9. The summed E-state index contributed by atoms with van der Waals surface area (Å²) in [6, 6.07) is 25.8. The average molecular weight is 735 g/mol. The van der Waals surface area contributed by atoms with Gasteiger partial charge in [-0.3, -0.25) is 14.7 Å².